The molecule has 11 heteroatoms. The topological polar surface area (TPSA) is 121 Å². The first kappa shape index (κ1) is 28.0. The van der Waals surface area contributed by atoms with E-state index in [2.05, 4.69) is 10.3 Å². The van der Waals surface area contributed by atoms with Crippen LogP contribution in [0, 0.1) is 13.8 Å². The third-order valence-corrected chi connectivity index (χ3v) is 8.44. The van der Waals surface area contributed by atoms with Crippen LogP contribution in [0.25, 0.3) is 17.0 Å². The molecule has 208 valence electrons. The van der Waals surface area contributed by atoms with Gasteiger partial charge in [-0.1, -0.05) is 52.7 Å². The summed E-state index contributed by atoms with van der Waals surface area (Å²) < 4.78 is 40.1. The zero-order valence-electron chi connectivity index (χ0n) is 22.3. The van der Waals surface area contributed by atoms with E-state index >= 15 is 0 Å². The molecular weight excluding hydrogens is 566 g/mol. The van der Waals surface area contributed by atoms with Crippen LogP contribution in [-0.2, 0) is 14.6 Å². The van der Waals surface area contributed by atoms with Gasteiger partial charge in [0.1, 0.15) is 0 Å². The smallest absolute Gasteiger partial charge is 0.359 e. The van der Waals surface area contributed by atoms with Crippen molar-refractivity contribution in [2.24, 2.45) is 0 Å². The highest BCUT2D eigenvalue weighted by molar-refractivity contribution is 7.91. The number of ketones is 1. The van der Waals surface area contributed by atoms with Crippen molar-refractivity contribution in [1.29, 1.82) is 0 Å². The summed E-state index contributed by atoms with van der Waals surface area (Å²) >= 11 is 6.04. The normalized spacial score (nSPS) is 11.4. The van der Waals surface area contributed by atoms with Gasteiger partial charge in [-0.25, -0.2) is 17.9 Å². The van der Waals surface area contributed by atoms with Crippen molar-refractivity contribution in [2.75, 3.05) is 6.61 Å². The summed E-state index contributed by atoms with van der Waals surface area (Å²) in [4.78, 5) is 26.7. The van der Waals surface area contributed by atoms with Gasteiger partial charge in [0.15, 0.2) is 22.0 Å². The van der Waals surface area contributed by atoms with E-state index < -0.39 is 32.2 Å². The number of halogens is 1. The number of carbonyl (C=O) groups is 2. The second-order valence-corrected chi connectivity index (χ2v) is 11.4. The number of sulfone groups is 1. The quantitative estimate of drug-likeness (QED) is 0.159. The molecule has 0 aliphatic rings. The van der Waals surface area contributed by atoms with Gasteiger partial charge < -0.3 is 9.26 Å². The van der Waals surface area contributed by atoms with Gasteiger partial charge in [-0.05, 0) is 69.3 Å². The molecule has 2 aromatic heterocycles. The predicted molar refractivity (Wildman–Crippen MR) is 151 cm³/mol. The molecule has 0 aliphatic carbocycles. The van der Waals surface area contributed by atoms with Gasteiger partial charge in [0, 0.05) is 10.6 Å². The fourth-order valence-corrected chi connectivity index (χ4v) is 6.01. The highest BCUT2D eigenvalue weighted by Gasteiger charge is 2.38. The summed E-state index contributed by atoms with van der Waals surface area (Å²) in [6, 6.07) is 21.2. The van der Waals surface area contributed by atoms with E-state index in [0.717, 1.165) is 5.56 Å². The van der Waals surface area contributed by atoms with E-state index in [1.54, 1.807) is 68.4 Å². The Morgan fingerprint density at radius 1 is 0.927 bits per heavy atom. The minimum atomic E-state index is -4.33. The van der Waals surface area contributed by atoms with Crippen LogP contribution >= 0.6 is 11.6 Å². The SMILES string of the molecule is CCOC(=O)c1nn(-c2ccc(C)cc2)c(C)c1C(=O)c1noc(-c2ccc(Cl)cc2)c1S(=O)(=O)c1ccccc1. The fourth-order valence-electron chi connectivity index (χ4n) is 4.35. The molecule has 0 saturated heterocycles. The standard InChI is InChI=1S/C30H24ClN3O6S/c1-4-39-30(36)25-24(19(3)34(32-25)22-16-10-18(2)11-17-22)27(35)26-29(41(37,38)23-8-6-5-7-9-23)28(40-33-26)20-12-14-21(31)15-13-20/h5-17H,4H2,1-3H3. The number of nitrogens with zero attached hydrogens (tertiary/aromatic N) is 3. The second-order valence-electron chi connectivity index (χ2n) is 9.12. The number of esters is 1. The van der Waals surface area contributed by atoms with Crippen molar-refractivity contribution >= 4 is 33.2 Å². The average Bonchev–Trinajstić information content (AvgIpc) is 3.57. The highest BCUT2D eigenvalue weighted by atomic mass is 35.5. The van der Waals surface area contributed by atoms with Crippen LogP contribution in [0.3, 0.4) is 0 Å². The molecule has 41 heavy (non-hydrogen) atoms. The third-order valence-electron chi connectivity index (χ3n) is 6.38. The molecular formula is C30H24ClN3O6S. The first-order valence-corrected chi connectivity index (χ1v) is 14.4. The number of aryl methyl sites for hydroxylation is 1. The van der Waals surface area contributed by atoms with E-state index in [4.69, 9.17) is 20.9 Å². The largest absolute Gasteiger partial charge is 0.461 e. The average molecular weight is 590 g/mol. The number of aromatic nitrogens is 3. The first-order chi connectivity index (χ1) is 19.6. The van der Waals surface area contributed by atoms with Gasteiger partial charge in [-0.3, -0.25) is 4.79 Å². The van der Waals surface area contributed by atoms with Crippen molar-refractivity contribution in [3.63, 3.8) is 0 Å². The molecule has 0 bridgehead atoms. The summed E-state index contributed by atoms with van der Waals surface area (Å²) in [5, 5.41) is 8.76. The van der Waals surface area contributed by atoms with Crippen LogP contribution in [0.15, 0.2) is 93.2 Å². The van der Waals surface area contributed by atoms with Crippen LogP contribution in [0.2, 0.25) is 5.02 Å². The molecule has 0 N–H and O–H groups in total. The Kier molecular flexibility index (Phi) is 7.61. The third kappa shape index (κ3) is 5.19. The maximum Gasteiger partial charge on any atom is 0.359 e. The Morgan fingerprint density at radius 2 is 1.59 bits per heavy atom. The lowest BCUT2D eigenvalue weighted by Crippen LogP contribution is -2.15. The summed E-state index contributed by atoms with van der Waals surface area (Å²) in [6.45, 7) is 5.20. The van der Waals surface area contributed by atoms with E-state index in [9.17, 15) is 18.0 Å². The van der Waals surface area contributed by atoms with Gasteiger partial charge in [0.05, 0.1) is 28.4 Å². The maximum atomic E-state index is 14.2. The van der Waals surface area contributed by atoms with Crippen molar-refractivity contribution in [2.45, 2.75) is 30.6 Å². The first-order valence-electron chi connectivity index (χ1n) is 12.6. The number of benzene rings is 3. The van der Waals surface area contributed by atoms with Crippen LogP contribution < -0.4 is 0 Å². The maximum absolute atomic E-state index is 14.2. The molecule has 0 fully saturated rings. The van der Waals surface area contributed by atoms with E-state index in [-0.39, 0.29) is 28.5 Å². The monoisotopic (exact) mass is 589 g/mol. The highest BCUT2D eigenvalue weighted by Crippen LogP contribution is 2.36. The summed E-state index contributed by atoms with van der Waals surface area (Å²) in [7, 11) is -4.33. The van der Waals surface area contributed by atoms with Crippen molar-refractivity contribution in [3.8, 4) is 17.0 Å². The Bertz CT molecular complexity index is 1860. The Hall–Kier alpha value is -4.54. The molecule has 0 amide bonds. The molecule has 0 spiro atoms. The molecule has 0 saturated carbocycles. The van der Waals surface area contributed by atoms with Gasteiger partial charge in [-0.15, -0.1) is 0 Å². The molecule has 0 unspecified atom stereocenters. The molecule has 9 nitrogen and oxygen atoms in total. The number of carbonyl (C=O) groups excluding carboxylic acids is 2. The lowest BCUT2D eigenvalue weighted by atomic mass is 10.0. The van der Waals surface area contributed by atoms with E-state index in [1.165, 1.54) is 16.8 Å². The van der Waals surface area contributed by atoms with Crippen molar-refractivity contribution in [3.05, 3.63) is 112 Å². The van der Waals surface area contributed by atoms with Crippen LogP contribution in [0.5, 0.6) is 0 Å². The van der Waals surface area contributed by atoms with Crippen molar-refractivity contribution in [1.82, 2.24) is 14.9 Å². The van der Waals surface area contributed by atoms with Crippen LogP contribution in [0.1, 0.15) is 44.7 Å². The van der Waals surface area contributed by atoms with Crippen molar-refractivity contribution < 1.29 is 27.3 Å². The summed E-state index contributed by atoms with van der Waals surface area (Å²) in [6.07, 6.45) is 0. The fraction of sp³-hybridized carbons (Fsp3) is 0.133. The van der Waals surface area contributed by atoms with Gasteiger partial charge in [0.2, 0.25) is 15.6 Å². The predicted octanol–water partition coefficient (Wildman–Crippen LogP) is 6.04. The Balaban J connectivity index is 1.75. The molecule has 3 aromatic carbocycles. The molecule has 2 heterocycles. The Labute approximate surface area is 241 Å². The lowest BCUT2D eigenvalue weighted by molar-refractivity contribution is 0.0516. The van der Waals surface area contributed by atoms with E-state index in [1.807, 2.05) is 19.1 Å². The number of hydrogen-bond donors (Lipinski definition) is 0. The minimum absolute atomic E-state index is 0.0429. The minimum Gasteiger partial charge on any atom is -0.461 e. The van der Waals surface area contributed by atoms with Crippen LogP contribution in [-0.4, -0.2) is 41.7 Å². The number of ether oxygens (including phenoxy) is 1. The van der Waals surface area contributed by atoms with Gasteiger partial charge >= 0.3 is 5.97 Å². The van der Waals surface area contributed by atoms with Gasteiger partial charge in [0.25, 0.3) is 0 Å². The molecule has 0 aliphatic heterocycles. The zero-order valence-corrected chi connectivity index (χ0v) is 23.9. The number of hydrogen-bond acceptors (Lipinski definition) is 8. The van der Waals surface area contributed by atoms with Gasteiger partial charge in [-0.2, -0.15) is 5.10 Å². The zero-order chi connectivity index (χ0) is 29.3. The second kappa shape index (κ2) is 11.1. The molecule has 0 radical (unpaired) electrons. The van der Waals surface area contributed by atoms with E-state index in [0.29, 0.717) is 22.0 Å². The number of rotatable bonds is 8. The molecule has 0 atom stereocenters. The summed E-state index contributed by atoms with van der Waals surface area (Å²) in [5.74, 6) is -1.84. The summed E-state index contributed by atoms with van der Waals surface area (Å²) in [5.41, 5.74) is 1.33. The molecule has 5 rings (SSSR count). The Morgan fingerprint density at radius 3 is 2.22 bits per heavy atom. The molecule has 5 aromatic rings. The van der Waals surface area contributed by atoms with Crippen LogP contribution in [0.4, 0.5) is 0 Å². The lowest BCUT2D eigenvalue weighted by Gasteiger charge is -2.08.